The normalized spacial score (nSPS) is 23.5. The minimum absolute atomic E-state index is 0.183. The molecule has 0 saturated heterocycles. The third-order valence-corrected chi connectivity index (χ3v) is 4.16. The number of rotatable bonds is 2. The van der Waals surface area contributed by atoms with Gasteiger partial charge in [0.2, 0.25) is 11.7 Å². The summed E-state index contributed by atoms with van der Waals surface area (Å²) in [6.07, 6.45) is 5.68. The lowest BCUT2D eigenvalue weighted by Crippen LogP contribution is -2.24. The number of Topliss-reactive ketones (excluding diaryl/α,β-unsaturated/α-hetero) is 1. The molecule has 2 heterocycles. The van der Waals surface area contributed by atoms with E-state index in [1.165, 1.54) is 17.8 Å². The van der Waals surface area contributed by atoms with Crippen molar-refractivity contribution in [1.29, 1.82) is 0 Å². The molecular weight excluding hydrogens is 341 g/mol. The van der Waals surface area contributed by atoms with Gasteiger partial charge in [-0.05, 0) is 12.2 Å². The number of hydroxylamine groups is 2. The van der Waals surface area contributed by atoms with Crippen molar-refractivity contribution in [2.45, 2.75) is 0 Å². The zero-order chi connectivity index (χ0) is 17.4. The Morgan fingerprint density at radius 2 is 2.04 bits per heavy atom. The summed E-state index contributed by atoms with van der Waals surface area (Å²) >= 11 is 1.17. The van der Waals surface area contributed by atoms with E-state index < -0.39 is 28.1 Å². The summed E-state index contributed by atoms with van der Waals surface area (Å²) < 4.78 is 13.4. The van der Waals surface area contributed by atoms with Gasteiger partial charge in [0.1, 0.15) is 0 Å². The van der Waals surface area contributed by atoms with Gasteiger partial charge in [0, 0.05) is 34.9 Å². The molecule has 3 aliphatic rings. The summed E-state index contributed by atoms with van der Waals surface area (Å²) in [5.74, 6) is -3.02. The minimum atomic E-state index is -1.17. The summed E-state index contributed by atoms with van der Waals surface area (Å²) in [7, 11) is 0. The molecule has 0 spiro atoms. The van der Waals surface area contributed by atoms with Gasteiger partial charge in [0.05, 0.1) is 15.6 Å². The summed E-state index contributed by atoms with van der Waals surface area (Å²) in [6, 6.07) is 0. The molecule has 0 aromatic heterocycles. The molecule has 2 aliphatic heterocycles. The Hall–Kier alpha value is -2.98. The fourth-order valence-corrected chi connectivity index (χ4v) is 2.93. The first-order valence-corrected chi connectivity index (χ1v) is 7.33. The van der Waals surface area contributed by atoms with Crippen molar-refractivity contribution in [3.63, 3.8) is 0 Å². The largest absolute Gasteiger partial charge is 0.349 e. The maximum absolute atomic E-state index is 13.4. The number of nitrogens with zero attached hydrogens (tertiary/aromatic N) is 2. The van der Waals surface area contributed by atoms with Crippen molar-refractivity contribution in [1.82, 2.24) is 10.4 Å². The van der Waals surface area contributed by atoms with E-state index in [1.54, 1.807) is 5.41 Å². The Morgan fingerprint density at radius 1 is 1.29 bits per heavy atom. The van der Waals surface area contributed by atoms with Gasteiger partial charge in [0.25, 0.3) is 0 Å². The van der Waals surface area contributed by atoms with Gasteiger partial charge in [0.15, 0.2) is 0 Å². The van der Waals surface area contributed by atoms with Crippen LogP contribution in [0.4, 0.5) is 4.39 Å². The predicted molar refractivity (Wildman–Crippen MR) is 81.0 cm³/mol. The lowest BCUT2D eigenvalue weighted by atomic mass is 10.0. The molecule has 0 aromatic carbocycles. The quantitative estimate of drug-likeness (QED) is 0.254. The van der Waals surface area contributed by atoms with Crippen molar-refractivity contribution in [2.75, 3.05) is 0 Å². The molecule has 0 saturated carbocycles. The molecule has 0 atom stereocenters. The monoisotopic (exact) mass is 349 g/mol. The second kappa shape index (κ2) is 5.91. The Morgan fingerprint density at radius 3 is 2.71 bits per heavy atom. The fourth-order valence-electron chi connectivity index (χ4n) is 2.06. The number of hydrogen-bond donors (Lipinski definition) is 2. The van der Waals surface area contributed by atoms with Crippen LogP contribution in [0.1, 0.15) is 0 Å². The van der Waals surface area contributed by atoms with Gasteiger partial charge in [-0.2, -0.15) is 4.39 Å². The van der Waals surface area contributed by atoms with Crippen molar-refractivity contribution in [2.24, 2.45) is 0 Å². The van der Waals surface area contributed by atoms with Crippen molar-refractivity contribution in [3.05, 3.63) is 79.5 Å². The maximum Gasteiger partial charge on any atom is 0.321 e. The molecule has 10 heteroatoms. The van der Waals surface area contributed by atoms with Crippen molar-refractivity contribution in [3.8, 4) is 0 Å². The van der Waals surface area contributed by atoms with E-state index in [0.29, 0.717) is 21.4 Å². The molecule has 0 radical (unpaired) electrons. The van der Waals surface area contributed by atoms with Crippen LogP contribution < -0.4 is 5.32 Å². The summed E-state index contributed by atoms with van der Waals surface area (Å²) in [5.41, 5.74) is 0.191. The molecule has 0 amide bonds. The molecular formula is C14H8FN3O5S. The average molecular weight is 349 g/mol. The lowest BCUT2D eigenvalue weighted by molar-refractivity contribution is -0.418. The first kappa shape index (κ1) is 15.9. The lowest BCUT2D eigenvalue weighted by Gasteiger charge is -2.15. The minimum Gasteiger partial charge on any atom is -0.349 e. The average Bonchev–Trinajstić information content (AvgIpc) is 3.02. The first-order valence-electron chi connectivity index (χ1n) is 6.45. The van der Waals surface area contributed by atoms with E-state index in [-0.39, 0.29) is 5.57 Å². The Balaban J connectivity index is 1.88. The van der Waals surface area contributed by atoms with E-state index in [9.17, 15) is 24.1 Å². The Labute approximate surface area is 138 Å². The SMILES string of the molecule is O=C1C=C(C2=CSC(=C3C=CN(O)C(F)=C3)N2)C=C([N+](=O)[O-])C1=O. The third kappa shape index (κ3) is 2.79. The van der Waals surface area contributed by atoms with Crippen LogP contribution in [-0.4, -0.2) is 26.8 Å². The smallest absolute Gasteiger partial charge is 0.321 e. The number of allylic oxidation sites excluding steroid dienone is 6. The van der Waals surface area contributed by atoms with Crippen LogP contribution in [0.5, 0.6) is 0 Å². The highest BCUT2D eigenvalue weighted by Crippen LogP contribution is 2.34. The van der Waals surface area contributed by atoms with Gasteiger partial charge >= 0.3 is 11.5 Å². The summed E-state index contributed by atoms with van der Waals surface area (Å²) in [5, 5.41) is 25.3. The second-order valence-corrected chi connectivity index (χ2v) is 5.65. The molecule has 0 aromatic rings. The van der Waals surface area contributed by atoms with Gasteiger partial charge < -0.3 is 5.32 Å². The maximum atomic E-state index is 13.4. The predicted octanol–water partition coefficient (Wildman–Crippen LogP) is 1.64. The van der Waals surface area contributed by atoms with E-state index in [0.717, 1.165) is 24.4 Å². The first-order chi connectivity index (χ1) is 11.4. The van der Waals surface area contributed by atoms with Crippen LogP contribution in [0.3, 0.4) is 0 Å². The zero-order valence-electron chi connectivity index (χ0n) is 11.7. The standard InChI is InChI=1S/C14H8FN3O5S/c15-12-5-7(1-2-17(12)21)14-16-9(6-24-14)8-3-10(18(22)23)13(20)11(19)4-8/h1-6,16,21H. The van der Waals surface area contributed by atoms with E-state index >= 15 is 0 Å². The van der Waals surface area contributed by atoms with Gasteiger partial charge in [-0.1, -0.05) is 11.8 Å². The summed E-state index contributed by atoms with van der Waals surface area (Å²) in [6.45, 7) is 0. The zero-order valence-corrected chi connectivity index (χ0v) is 12.5. The highest BCUT2D eigenvalue weighted by Gasteiger charge is 2.33. The molecule has 0 fully saturated rings. The number of ketones is 2. The number of carbonyl (C=O) groups excluding carboxylic acids is 2. The fraction of sp³-hybridized carbons (Fsp3) is 0. The van der Waals surface area contributed by atoms with E-state index in [4.69, 9.17) is 5.21 Å². The van der Waals surface area contributed by atoms with E-state index in [1.807, 2.05) is 0 Å². The number of halogens is 1. The van der Waals surface area contributed by atoms with Gasteiger partial charge in [-0.25, -0.2) is 5.06 Å². The van der Waals surface area contributed by atoms with Gasteiger partial charge in [-0.3, -0.25) is 24.9 Å². The molecule has 2 N–H and O–H groups in total. The summed E-state index contributed by atoms with van der Waals surface area (Å²) in [4.78, 5) is 33.0. The highest BCUT2D eigenvalue weighted by atomic mass is 32.2. The molecule has 8 nitrogen and oxygen atoms in total. The molecule has 1 aliphatic carbocycles. The van der Waals surface area contributed by atoms with Crippen LogP contribution in [0.15, 0.2) is 69.4 Å². The van der Waals surface area contributed by atoms with Crippen LogP contribution in [0, 0.1) is 10.1 Å². The van der Waals surface area contributed by atoms with Crippen LogP contribution in [0.2, 0.25) is 0 Å². The number of nitrogens with one attached hydrogen (secondary N) is 1. The molecule has 0 unspecified atom stereocenters. The van der Waals surface area contributed by atoms with Crippen LogP contribution in [-0.2, 0) is 9.59 Å². The van der Waals surface area contributed by atoms with Crippen molar-refractivity contribution >= 4 is 23.3 Å². The Kier molecular flexibility index (Phi) is 3.91. The van der Waals surface area contributed by atoms with Gasteiger partial charge in [-0.15, -0.1) is 0 Å². The molecule has 3 rings (SSSR count). The number of carbonyl (C=O) groups is 2. The number of hydrogen-bond acceptors (Lipinski definition) is 8. The molecule has 24 heavy (non-hydrogen) atoms. The highest BCUT2D eigenvalue weighted by molar-refractivity contribution is 8.06. The number of nitro groups is 1. The third-order valence-electron chi connectivity index (χ3n) is 3.24. The second-order valence-electron chi connectivity index (χ2n) is 4.77. The van der Waals surface area contributed by atoms with Crippen LogP contribution in [0.25, 0.3) is 0 Å². The molecule has 122 valence electrons. The van der Waals surface area contributed by atoms with E-state index in [2.05, 4.69) is 5.32 Å². The molecule has 0 bridgehead atoms. The Bertz CT molecular complexity index is 866. The topological polar surface area (TPSA) is 113 Å². The van der Waals surface area contributed by atoms with Crippen LogP contribution >= 0.6 is 11.8 Å². The number of thioether (sulfide) groups is 1. The van der Waals surface area contributed by atoms with Crippen molar-refractivity contribution < 1.29 is 24.1 Å².